The highest BCUT2D eigenvalue weighted by molar-refractivity contribution is 6.43. The van der Waals surface area contributed by atoms with Crippen LogP contribution in [0.5, 0.6) is 0 Å². The number of rotatable bonds is 4. The van der Waals surface area contributed by atoms with Crippen molar-refractivity contribution in [1.82, 2.24) is 9.55 Å². The van der Waals surface area contributed by atoms with Crippen LogP contribution in [0.2, 0.25) is 10.0 Å². The Kier molecular flexibility index (Phi) is 5.82. The molecule has 1 aliphatic rings. The molecule has 1 aromatic heterocycles. The molecule has 1 saturated heterocycles. The first-order valence-corrected chi connectivity index (χ1v) is 9.70. The van der Waals surface area contributed by atoms with Crippen LogP contribution in [0.1, 0.15) is 25.6 Å². The van der Waals surface area contributed by atoms with E-state index in [1.807, 2.05) is 0 Å². The third kappa shape index (κ3) is 3.85. The zero-order valence-electron chi connectivity index (χ0n) is 15.5. The molecule has 27 heavy (non-hydrogen) atoms. The van der Waals surface area contributed by atoms with Crippen molar-refractivity contribution in [3.05, 3.63) is 50.5 Å². The predicted octanol–water partition coefficient (Wildman–Crippen LogP) is 2.77. The molecule has 1 aromatic carbocycles. The van der Waals surface area contributed by atoms with Crippen molar-refractivity contribution in [2.75, 3.05) is 24.5 Å². The lowest BCUT2D eigenvalue weighted by Gasteiger charge is -2.42. The highest BCUT2D eigenvalue weighted by Crippen LogP contribution is 2.35. The first kappa shape index (κ1) is 20.1. The van der Waals surface area contributed by atoms with E-state index in [4.69, 9.17) is 28.9 Å². The molecule has 0 spiro atoms. The highest BCUT2D eigenvalue weighted by atomic mass is 35.5. The molecule has 0 radical (unpaired) electrons. The number of nitrogens with two attached hydrogens (primary N) is 1. The molecule has 1 aliphatic heterocycles. The number of piperidine rings is 1. The Morgan fingerprint density at radius 3 is 2.59 bits per heavy atom. The molecule has 0 bridgehead atoms. The van der Waals surface area contributed by atoms with Gasteiger partial charge in [0.25, 0.3) is 5.56 Å². The van der Waals surface area contributed by atoms with Crippen molar-refractivity contribution in [2.24, 2.45) is 11.1 Å². The van der Waals surface area contributed by atoms with Crippen LogP contribution in [0.3, 0.4) is 0 Å². The number of hydrogen-bond donors (Lipinski definition) is 2. The maximum Gasteiger partial charge on any atom is 0.260 e. The molecule has 6 nitrogen and oxygen atoms in total. The normalized spacial score (nSPS) is 17.8. The standard InChI is InChI=1S/C19H24Cl2N4O2/c1-12-23-16(24-8-6-19(2,7-9-24)15(26)11-22)10-17(27)25(12)14-5-3-4-13(20)18(14)21/h3-5,10,15,26H,6-9,11,22H2,1-2H3/t15-/m1/s1. The van der Waals surface area contributed by atoms with E-state index in [1.54, 1.807) is 25.1 Å². The molecule has 0 saturated carbocycles. The van der Waals surface area contributed by atoms with Gasteiger partial charge < -0.3 is 15.7 Å². The number of aliphatic hydroxyl groups excluding tert-OH is 1. The van der Waals surface area contributed by atoms with E-state index < -0.39 is 6.10 Å². The molecular formula is C19H24Cl2N4O2. The average molecular weight is 411 g/mol. The number of aromatic nitrogens is 2. The second-order valence-electron chi connectivity index (χ2n) is 7.30. The third-order valence-electron chi connectivity index (χ3n) is 5.50. The summed E-state index contributed by atoms with van der Waals surface area (Å²) in [7, 11) is 0. The van der Waals surface area contributed by atoms with Gasteiger partial charge in [0.1, 0.15) is 11.6 Å². The lowest BCUT2D eigenvalue weighted by atomic mass is 9.75. The van der Waals surface area contributed by atoms with Gasteiger partial charge in [-0.1, -0.05) is 36.2 Å². The zero-order chi connectivity index (χ0) is 19.8. The van der Waals surface area contributed by atoms with Gasteiger partial charge in [0.2, 0.25) is 0 Å². The summed E-state index contributed by atoms with van der Waals surface area (Å²) in [5.74, 6) is 1.17. The summed E-state index contributed by atoms with van der Waals surface area (Å²) in [4.78, 5) is 19.5. The quantitative estimate of drug-likeness (QED) is 0.809. The summed E-state index contributed by atoms with van der Waals surface area (Å²) in [6, 6.07) is 6.68. The Morgan fingerprint density at radius 2 is 2.00 bits per heavy atom. The van der Waals surface area contributed by atoms with Crippen LogP contribution in [0.4, 0.5) is 5.82 Å². The first-order chi connectivity index (χ1) is 12.8. The van der Waals surface area contributed by atoms with Crippen LogP contribution in [-0.2, 0) is 0 Å². The molecule has 3 N–H and O–H groups in total. The van der Waals surface area contributed by atoms with Crippen molar-refractivity contribution >= 4 is 29.0 Å². The van der Waals surface area contributed by atoms with Crippen molar-refractivity contribution in [1.29, 1.82) is 0 Å². The molecule has 3 rings (SSSR count). The second kappa shape index (κ2) is 7.80. The Labute approximate surface area is 168 Å². The van der Waals surface area contributed by atoms with Crippen LogP contribution in [0, 0.1) is 12.3 Å². The van der Waals surface area contributed by atoms with Gasteiger partial charge >= 0.3 is 0 Å². The van der Waals surface area contributed by atoms with Gasteiger partial charge in [-0.25, -0.2) is 4.98 Å². The van der Waals surface area contributed by atoms with E-state index in [0.717, 1.165) is 12.8 Å². The minimum atomic E-state index is -0.521. The predicted molar refractivity (Wildman–Crippen MR) is 109 cm³/mol. The van der Waals surface area contributed by atoms with Crippen molar-refractivity contribution in [3.63, 3.8) is 0 Å². The van der Waals surface area contributed by atoms with Crippen LogP contribution >= 0.6 is 23.2 Å². The molecule has 8 heteroatoms. The number of aliphatic hydroxyl groups is 1. The summed E-state index contributed by atoms with van der Waals surface area (Å²) in [6.45, 7) is 5.50. The smallest absolute Gasteiger partial charge is 0.260 e. The fraction of sp³-hybridized carbons (Fsp3) is 0.474. The summed E-state index contributed by atoms with van der Waals surface area (Å²) in [5.41, 5.74) is 5.73. The maximum atomic E-state index is 12.8. The van der Waals surface area contributed by atoms with Gasteiger partial charge in [-0.05, 0) is 37.3 Å². The topological polar surface area (TPSA) is 84.4 Å². The molecule has 1 fully saturated rings. The van der Waals surface area contributed by atoms with Crippen LogP contribution in [0.15, 0.2) is 29.1 Å². The Morgan fingerprint density at radius 1 is 1.33 bits per heavy atom. The number of benzene rings is 1. The van der Waals surface area contributed by atoms with Crippen LogP contribution in [0.25, 0.3) is 5.69 Å². The van der Waals surface area contributed by atoms with Crippen molar-refractivity contribution in [3.8, 4) is 5.69 Å². The van der Waals surface area contributed by atoms with Gasteiger partial charge in [0.05, 0.1) is 21.8 Å². The van der Waals surface area contributed by atoms with Gasteiger partial charge in [-0.15, -0.1) is 0 Å². The van der Waals surface area contributed by atoms with Crippen LogP contribution < -0.4 is 16.2 Å². The fourth-order valence-electron chi connectivity index (χ4n) is 3.57. The first-order valence-electron chi connectivity index (χ1n) is 8.95. The molecule has 2 heterocycles. The Balaban J connectivity index is 1.88. The highest BCUT2D eigenvalue weighted by Gasteiger charge is 2.36. The summed E-state index contributed by atoms with van der Waals surface area (Å²) < 4.78 is 1.46. The van der Waals surface area contributed by atoms with Gasteiger partial charge in [-0.3, -0.25) is 9.36 Å². The number of aryl methyl sites for hydroxylation is 1. The lowest BCUT2D eigenvalue weighted by Crippen LogP contribution is -2.47. The molecule has 146 valence electrons. The minimum absolute atomic E-state index is 0.205. The summed E-state index contributed by atoms with van der Waals surface area (Å²) >= 11 is 12.4. The fourth-order valence-corrected chi connectivity index (χ4v) is 3.95. The number of nitrogens with zero attached hydrogens (tertiary/aromatic N) is 3. The molecular weight excluding hydrogens is 387 g/mol. The van der Waals surface area contributed by atoms with E-state index in [1.165, 1.54) is 10.6 Å². The van der Waals surface area contributed by atoms with Crippen molar-refractivity contribution in [2.45, 2.75) is 32.8 Å². The largest absolute Gasteiger partial charge is 0.391 e. The molecule has 1 atom stereocenters. The SMILES string of the molecule is Cc1nc(N2CCC(C)([C@H](O)CN)CC2)cc(=O)n1-c1cccc(Cl)c1Cl. The molecule has 2 aromatic rings. The van der Waals surface area contributed by atoms with Gasteiger partial charge in [0, 0.05) is 25.7 Å². The maximum absolute atomic E-state index is 12.8. The monoisotopic (exact) mass is 410 g/mol. The third-order valence-corrected chi connectivity index (χ3v) is 6.31. The van der Waals surface area contributed by atoms with Gasteiger partial charge in [-0.2, -0.15) is 0 Å². The van der Waals surface area contributed by atoms with Crippen molar-refractivity contribution < 1.29 is 5.11 Å². The molecule has 0 amide bonds. The van der Waals surface area contributed by atoms with E-state index in [-0.39, 0.29) is 17.5 Å². The van der Waals surface area contributed by atoms with Crippen LogP contribution in [-0.4, -0.2) is 40.4 Å². The van der Waals surface area contributed by atoms with E-state index in [0.29, 0.717) is 40.5 Å². The minimum Gasteiger partial charge on any atom is -0.391 e. The number of anilines is 1. The Hall–Kier alpha value is -1.60. The average Bonchev–Trinajstić information content (AvgIpc) is 2.64. The number of halogens is 2. The Bertz CT molecular complexity index is 892. The molecule has 0 unspecified atom stereocenters. The van der Waals surface area contributed by atoms with Gasteiger partial charge in [0.15, 0.2) is 0 Å². The number of hydrogen-bond acceptors (Lipinski definition) is 5. The zero-order valence-corrected chi connectivity index (χ0v) is 17.0. The van der Waals surface area contributed by atoms with E-state index >= 15 is 0 Å². The summed E-state index contributed by atoms with van der Waals surface area (Å²) in [6.07, 6.45) is 1.05. The second-order valence-corrected chi connectivity index (χ2v) is 8.09. The molecule has 0 aliphatic carbocycles. The van der Waals surface area contributed by atoms with E-state index in [9.17, 15) is 9.90 Å². The van der Waals surface area contributed by atoms with E-state index in [2.05, 4.69) is 16.8 Å². The summed E-state index contributed by atoms with van der Waals surface area (Å²) in [5, 5.41) is 10.9. The lowest BCUT2D eigenvalue weighted by molar-refractivity contribution is 0.0259.